The molecule has 0 unspecified atom stereocenters. The predicted octanol–water partition coefficient (Wildman–Crippen LogP) is 6.72. The van der Waals surface area contributed by atoms with Crippen molar-refractivity contribution in [2.45, 2.75) is 93.0 Å². The van der Waals surface area contributed by atoms with Crippen LogP contribution in [0.5, 0.6) is 0 Å². The summed E-state index contributed by atoms with van der Waals surface area (Å²) < 4.78 is 10.8. The van der Waals surface area contributed by atoms with Gasteiger partial charge in [0.1, 0.15) is 5.54 Å². The Hall–Kier alpha value is -2.30. The number of carbonyl (C=O) groups is 2. The lowest BCUT2D eigenvalue weighted by atomic mass is 9.84. The zero-order valence-electron chi connectivity index (χ0n) is 21.0. The molecular formula is C26H41NO4. The average Bonchev–Trinajstić information content (AvgIpc) is 2.85. The Kier molecular flexibility index (Phi) is 10.3. The zero-order valence-corrected chi connectivity index (χ0v) is 21.0. The Morgan fingerprint density at radius 2 is 1.45 bits per heavy atom. The molecule has 0 bridgehead atoms. The Labute approximate surface area is 188 Å². The van der Waals surface area contributed by atoms with Crippen molar-refractivity contribution in [1.82, 2.24) is 4.90 Å². The first-order valence-corrected chi connectivity index (χ1v) is 11.6. The van der Waals surface area contributed by atoms with E-state index in [9.17, 15) is 9.59 Å². The van der Waals surface area contributed by atoms with Gasteiger partial charge in [-0.25, -0.2) is 4.79 Å². The second kappa shape index (κ2) is 11.9. The molecule has 0 atom stereocenters. The molecule has 0 fully saturated rings. The molecule has 174 valence electrons. The van der Waals surface area contributed by atoms with Crippen molar-refractivity contribution in [2.24, 2.45) is 0 Å². The zero-order chi connectivity index (χ0) is 23.8. The van der Waals surface area contributed by atoms with Crippen LogP contribution in [0.4, 0.5) is 4.79 Å². The van der Waals surface area contributed by atoms with Crippen LogP contribution in [0, 0.1) is 20.8 Å². The highest BCUT2D eigenvalue weighted by molar-refractivity contribution is 6.24. The molecule has 1 amide bonds. The molecule has 5 heteroatoms. The van der Waals surface area contributed by atoms with Crippen LogP contribution in [0.3, 0.4) is 0 Å². The minimum absolute atomic E-state index is 0.101. The second-order valence-electron chi connectivity index (χ2n) is 8.37. The minimum Gasteiger partial charge on any atom is -0.434 e. The maximum atomic E-state index is 13.4. The standard InChI is InChI=1S/C23H33NO4.C3H8/c1-8-11-23(12-9-2)20(28-22(26)27-10-3)19(21(25)24(23)7)18-16(5)13-15(4)14-17(18)6;1-3-2/h13-14H,8-12H2,1-7H3;3H2,1-2H3. The van der Waals surface area contributed by atoms with Crippen LogP contribution in [0.2, 0.25) is 0 Å². The number of aryl methyl sites for hydroxylation is 3. The van der Waals surface area contributed by atoms with E-state index < -0.39 is 11.7 Å². The smallest absolute Gasteiger partial charge is 0.434 e. The van der Waals surface area contributed by atoms with Gasteiger partial charge in [-0.2, -0.15) is 0 Å². The minimum atomic E-state index is -0.753. The highest BCUT2D eigenvalue weighted by atomic mass is 16.7. The number of benzene rings is 1. The Bertz CT molecular complexity index is 781. The van der Waals surface area contributed by atoms with Gasteiger partial charge in [-0.1, -0.05) is 64.7 Å². The first kappa shape index (κ1) is 26.7. The monoisotopic (exact) mass is 431 g/mol. The van der Waals surface area contributed by atoms with Gasteiger partial charge < -0.3 is 14.4 Å². The summed E-state index contributed by atoms with van der Waals surface area (Å²) in [4.78, 5) is 27.5. The number of hydrogen-bond donors (Lipinski definition) is 0. The van der Waals surface area contributed by atoms with E-state index >= 15 is 0 Å². The van der Waals surface area contributed by atoms with E-state index in [1.807, 2.05) is 27.8 Å². The molecule has 0 aliphatic carbocycles. The lowest BCUT2D eigenvalue weighted by Crippen LogP contribution is -2.46. The van der Waals surface area contributed by atoms with Gasteiger partial charge in [0.15, 0.2) is 5.76 Å². The number of hydrogen-bond acceptors (Lipinski definition) is 4. The molecule has 31 heavy (non-hydrogen) atoms. The molecule has 1 aromatic rings. The summed E-state index contributed by atoms with van der Waals surface area (Å²) in [6.45, 7) is 16.4. The third-order valence-corrected chi connectivity index (χ3v) is 5.51. The number of nitrogens with zero attached hydrogens (tertiary/aromatic N) is 1. The maximum Gasteiger partial charge on any atom is 0.513 e. The summed E-state index contributed by atoms with van der Waals surface area (Å²) >= 11 is 0. The van der Waals surface area contributed by atoms with Crippen molar-refractivity contribution < 1.29 is 19.1 Å². The van der Waals surface area contributed by atoms with E-state index in [4.69, 9.17) is 9.47 Å². The fraction of sp³-hybridized carbons (Fsp3) is 0.615. The topological polar surface area (TPSA) is 55.8 Å². The van der Waals surface area contributed by atoms with Gasteiger partial charge in [0.25, 0.3) is 5.91 Å². The Morgan fingerprint density at radius 3 is 1.87 bits per heavy atom. The quantitative estimate of drug-likeness (QED) is 0.449. The average molecular weight is 432 g/mol. The van der Waals surface area contributed by atoms with Crippen molar-refractivity contribution in [1.29, 1.82) is 0 Å². The predicted molar refractivity (Wildman–Crippen MR) is 127 cm³/mol. The lowest BCUT2D eigenvalue weighted by molar-refractivity contribution is -0.127. The Balaban J connectivity index is 0.00000151. The van der Waals surface area contributed by atoms with Crippen molar-refractivity contribution in [3.8, 4) is 0 Å². The van der Waals surface area contributed by atoms with Crippen molar-refractivity contribution in [3.05, 3.63) is 40.1 Å². The second-order valence-corrected chi connectivity index (χ2v) is 8.37. The van der Waals surface area contributed by atoms with Crippen molar-refractivity contribution >= 4 is 17.6 Å². The van der Waals surface area contributed by atoms with Gasteiger partial charge in [0.2, 0.25) is 0 Å². The third kappa shape index (κ3) is 5.69. The van der Waals surface area contributed by atoms with E-state index in [1.54, 1.807) is 11.8 Å². The fourth-order valence-corrected chi connectivity index (χ4v) is 4.53. The molecule has 0 spiro atoms. The summed E-state index contributed by atoms with van der Waals surface area (Å²) in [5.74, 6) is 0.341. The molecular weight excluding hydrogens is 390 g/mol. The number of likely N-dealkylation sites (N-methyl/N-ethyl adjacent to an activating group) is 1. The van der Waals surface area contributed by atoms with Crippen LogP contribution >= 0.6 is 0 Å². The highest BCUT2D eigenvalue weighted by Gasteiger charge is 2.52. The third-order valence-electron chi connectivity index (χ3n) is 5.51. The molecule has 2 rings (SSSR count). The van der Waals surface area contributed by atoms with Gasteiger partial charge in [-0.3, -0.25) is 4.79 Å². The molecule has 0 aromatic heterocycles. The van der Waals surface area contributed by atoms with E-state index in [0.29, 0.717) is 11.3 Å². The van der Waals surface area contributed by atoms with Crippen LogP contribution < -0.4 is 0 Å². The molecule has 0 radical (unpaired) electrons. The summed E-state index contributed by atoms with van der Waals surface area (Å²) in [6.07, 6.45) is 3.69. The molecule has 1 aliphatic rings. The molecule has 1 aliphatic heterocycles. The van der Waals surface area contributed by atoms with E-state index in [2.05, 4.69) is 39.8 Å². The van der Waals surface area contributed by atoms with Crippen LogP contribution in [-0.2, 0) is 14.3 Å². The SMILES string of the molecule is CCC.CCCC1(CCC)C(OC(=O)OCC)=C(c2c(C)cc(C)cc2C)C(=O)N1C. The number of amides is 1. The van der Waals surface area contributed by atoms with E-state index in [1.165, 1.54) is 6.42 Å². The van der Waals surface area contributed by atoms with Crippen LogP contribution in [0.1, 0.15) is 89.0 Å². The van der Waals surface area contributed by atoms with Gasteiger partial charge >= 0.3 is 6.16 Å². The number of ether oxygens (including phenoxy) is 2. The molecule has 1 heterocycles. The van der Waals surface area contributed by atoms with Gasteiger partial charge in [0, 0.05) is 7.05 Å². The van der Waals surface area contributed by atoms with Crippen molar-refractivity contribution in [2.75, 3.05) is 13.7 Å². The normalized spacial score (nSPS) is 15.0. The summed E-state index contributed by atoms with van der Waals surface area (Å²) in [7, 11) is 1.81. The molecule has 5 nitrogen and oxygen atoms in total. The highest BCUT2D eigenvalue weighted by Crippen LogP contribution is 2.47. The van der Waals surface area contributed by atoms with Gasteiger partial charge in [0.05, 0.1) is 12.2 Å². The van der Waals surface area contributed by atoms with Crippen LogP contribution in [-0.4, -0.2) is 36.2 Å². The summed E-state index contributed by atoms with van der Waals surface area (Å²) in [5, 5.41) is 0. The molecule has 1 aromatic carbocycles. The maximum absolute atomic E-state index is 13.4. The van der Waals surface area contributed by atoms with Gasteiger partial charge in [-0.15, -0.1) is 0 Å². The summed E-state index contributed by atoms with van der Waals surface area (Å²) in [6, 6.07) is 4.12. The fourth-order valence-electron chi connectivity index (χ4n) is 4.53. The molecule has 0 N–H and O–H groups in total. The van der Waals surface area contributed by atoms with Gasteiger partial charge in [-0.05, 0) is 57.2 Å². The van der Waals surface area contributed by atoms with E-state index in [-0.39, 0.29) is 12.5 Å². The Morgan fingerprint density at radius 1 is 0.968 bits per heavy atom. The van der Waals surface area contributed by atoms with E-state index in [0.717, 1.165) is 47.9 Å². The van der Waals surface area contributed by atoms with Crippen LogP contribution in [0.15, 0.2) is 17.9 Å². The number of carbonyl (C=O) groups excluding carboxylic acids is 2. The molecule has 0 saturated heterocycles. The van der Waals surface area contributed by atoms with Crippen LogP contribution in [0.25, 0.3) is 5.57 Å². The first-order valence-electron chi connectivity index (χ1n) is 11.6. The summed E-state index contributed by atoms with van der Waals surface area (Å²) in [5.41, 5.74) is 3.86. The lowest BCUT2D eigenvalue weighted by Gasteiger charge is -2.37. The molecule has 0 saturated carbocycles. The largest absolute Gasteiger partial charge is 0.513 e. The first-order chi connectivity index (χ1) is 14.6. The van der Waals surface area contributed by atoms with Crippen molar-refractivity contribution in [3.63, 3.8) is 0 Å². The number of rotatable bonds is 7.